The number of aromatic nitrogens is 3. The molecule has 0 spiro atoms. The van der Waals surface area contributed by atoms with Gasteiger partial charge in [0.25, 0.3) is 5.69 Å². The number of hydrogen-bond donors (Lipinski definition) is 0. The molecule has 0 aliphatic heterocycles. The second kappa shape index (κ2) is 8.27. The van der Waals surface area contributed by atoms with Crippen molar-refractivity contribution in [3.8, 4) is 17.1 Å². The second-order valence-electron chi connectivity index (χ2n) is 6.22. The second-order valence-corrected chi connectivity index (χ2v) is 6.22. The van der Waals surface area contributed by atoms with Crippen LogP contribution in [0.2, 0.25) is 0 Å². The number of ether oxygens (including phenoxy) is 1. The van der Waals surface area contributed by atoms with E-state index in [0.29, 0.717) is 17.0 Å². The van der Waals surface area contributed by atoms with E-state index in [1.54, 1.807) is 36.2 Å². The highest BCUT2D eigenvalue weighted by molar-refractivity contribution is 5.56. The molecule has 1 aromatic heterocycles. The van der Waals surface area contributed by atoms with Crippen molar-refractivity contribution < 1.29 is 22.8 Å². The van der Waals surface area contributed by atoms with Crippen LogP contribution in [-0.2, 0) is 13.2 Å². The van der Waals surface area contributed by atoms with Crippen LogP contribution in [0.4, 0.5) is 18.9 Å². The molecule has 152 valence electrons. The molecule has 3 rings (SSSR count). The number of rotatable bonds is 7. The smallest absolute Gasteiger partial charge is 0.405 e. The molecule has 0 saturated heterocycles. The molecule has 29 heavy (non-hydrogen) atoms. The van der Waals surface area contributed by atoms with Gasteiger partial charge in [-0.3, -0.25) is 15.0 Å². The monoisotopic (exact) mass is 407 g/mol. The molecule has 0 aliphatic rings. The van der Waals surface area contributed by atoms with Gasteiger partial charge in [-0.1, -0.05) is 18.2 Å². The minimum atomic E-state index is -4.76. The summed E-state index contributed by atoms with van der Waals surface area (Å²) < 4.78 is 43.2. The predicted octanol–water partition coefficient (Wildman–Crippen LogP) is 3.84. The van der Waals surface area contributed by atoms with Crippen LogP contribution >= 0.6 is 0 Å². The van der Waals surface area contributed by atoms with Crippen LogP contribution in [0.3, 0.4) is 0 Å². The largest absolute Gasteiger partial charge is 0.573 e. The normalized spacial score (nSPS) is 11.6. The van der Waals surface area contributed by atoms with Crippen LogP contribution in [-0.4, -0.2) is 38.0 Å². The van der Waals surface area contributed by atoms with Gasteiger partial charge >= 0.3 is 6.36 Å². The first-order valence-electron chi connectivity index (χ1n) is 8.38. The number of para-hydroxylation sites is 1. The summed E-state index contributed by atoms with van der Waals surface area (Å²) in [7, 11) is 1.72. The Labute approximate surface area is 163 Å². The summed E-state index contributed by atoms with van der Waals surface area (Å²) in [4.78, 5) is 16.1. The number of halogens is 3. The topological polar surface area (TPSA) is 86.3 Å². The molecule has 0 amide bonds. The van der Waals surface area contributed by atoms with E-state index in [2.05, 4.69) is 14.8 Å². The summed E-state index contributed by atoms with van der Waals surface area (Å²) >= 11 is 0. The third-order valence-corrected chi connectivity index (χ3v) is 3.90. The van der Waals surface area contributed by atoms with Crippen LogP contribution < -0.4 is 4.74 Å². The number of nitro groups is 1. The lowest BCUT2D eigenvalue weighted by molar-refractivity contribution is -0.384. The number of alkyl halides is 3. The maximum atomic E-state index is 12.5. The van der Waals surface area contributed by atoms with E-state index in [4.69, 9.17) is 0 Å². The van der Waals surface area contributed by atoms with Gasteiger partial charge in [0.15, 0.2) is 5.82 Å². The first-order chi connectivity index (χ1) is 13.7. The Morgan fingerprint density at radius 2 is 1.86 bits per heavy atom. The predicted molar refractivity (Wildman–Crippen MR) is 96.7 cm³/mol. The third kappa shape index (κ3) is 5.51. The van der Waals surface area contributed by atoms with Gasteiger partial charge < -0.3 is 4.74 Å². The van der Waals surface area contributed by atoms with Gasteiger partial charge in [0.2, 0.25) is 0 Å². The molecule has 2 aromatic carbocycles. The van der Waals surface area contributed by atoms with Crippen LogP contribution in [0, 0.1) is 10.1 Å². The van der Waals surface area contributed by atoms with Crippen molar-refractivity contribution >= 4 is 5.69 Å². The van der Waals surface area contributed by atoms with E-state index < -0.39 is 11.3 Å². The lowest BCUT2D eigenvalue weighted by Gasteiger charge is -2.19. The average molecular weight is 407 g/mol. The molecule has 0 bridgehead atoms. The number of nitro benzene ring substituents is 1. The minimum absolute atomic E-state index is 0.0346. The maximum absolute atomic E-state index is 12.5. The number of hydrogen-bond acceptors (Lipinski definition) is 6. The van der Waals surface area contributed by atoms with Crippen molar-refractivity contribution in [1.29, 1.82) is 0 Å². The van der Waals surface area contributed by atoms with Gasteiger partial charge in [-0.2, -0.15) is 0 Å². The molecule has 8 nitrogen and oxygen atoms in total. The Kier molecular flexibility index (Phi) is 5.78. The molecule has 0 radical (unpaired) electrons. The van der Waals surface area contributed by atoms with Gasteiger partial charge in [0.05, 0.1) is 11.6 Å². The first-order valence-corrected chi connectivity index (χ1v) is 8.38. The zero-order chi connectivity index (χ0) is 21.0. The summed E-state index contributed by atoms with van der Waals surface area (Å²) in [6.45, 7) is 0.458. The van der Waals surface area contributed by atoms with Crippen LogP contribution in [0.15, 0.2) is 54.9 Å². The number of benzene rings is 2. The van der Waals surface area contributed by atoms with Crippen molar-refractivity contribution in [2.24, 2.45) is 0 Å². The van der Waals surface area contributed by atoms with Crippen molar-refractivity contribution in [1.82, 2.24) is 19.7 Å². The Morgan fingerprint density at radius 1 is 1.17 bits per heavy atom. The minimum Gasteiger partial charge on any atom is -0.405 e. The van der Waals surface area contributed by atoms with Gasteiger partial charge in [-0.05, 0) is 25.2 Å². The quantitative estimate of drug-likeness (QED) is 0.437. The molecule has 0 saturated carbocycles. The standard InChI is InChI=1S/C18H16F3N5O3/c1-24(10-14-4-2-3-5-16(14)29-18(19,20)21)12-25-11-22-17(23-25)13-6-8-15(9-7-13)26(27)28/h2-9,11H,10,12H2,1H3. The van der Waals surface area contributed by atoms with E-state index in [1.165, 1.54) is 35.3 Å². The van der Waals surface area contributed by atoms with Crippen molar-refractivity contribution in [2.45, 2.75) is 19.6 Å². The highest BCUT2D eigenvalue weighted by atomic mass is 19.4. The van der Waals surface area contributed by atoms with E-state index in [0.717, 1.165) is 0 Å². The van der Waals surface area contributed by atoms with E-state index >= 15 is 0 Å². The van der Waals surface area contributed by atoms with Crippen LogP contribution in [0.25, 0.3) is 11.4 Å². The van der Waals surface area contributed by atoms with Crippen LogP contribution in [0.5, 0.6) is 5.75 Å². The summed E-state index contributed by atoms with van der Waals surface area (Å²) in [6, 6.07) is 11.7. The summed E-state index contributed by atoms with van der Waals surface area (Å²) in [6.07, 6.45) is -3.29. The van der Waals surface area contributed by atoms with Crippen molar-refractivity contribution in [3.05, 3.63) is 70.5 Å². The maximum Gasteiger partial charge on any atom is 0.573 e. The lowest BCUT2D eigenvalue weighted by Crippen LogP contribution is -2.23. The highest BCUT2D eigenvalue weighted by Gasteiger charge is 2.32. The van der Waals surface area contributed by atoms with E-state index in [1.807, 2.05) is 0 Å². The summed E-state index contributed by atoms with van der Waals surface area (Å²) in [5.74, 6) is 0.131. The van der Waals surface area contributed by atoms with Crippen molar-refractivity contribution in [3.63, 3.8) is 0 Å². The zero-order valence-corrected chi connectivity index (χ0v) is 15.2. The van der Waals surface area contributed by atoms with Gasteiger partial charge in [0.1, 0.15) is 12.1 Å². The highest BCUT2D eigenvalue weighted by Crippen LogP contribution is 2.27. The fourth-order valence-electron chi connectivity index (χ4n) is 2.67. The number of non-ortho nitro benzene ring substituents is 1. The molecule has 3 aromatic rings. The van der Waals surface area contributed by atoms with Gasteiger partial charge in [-0.15, -0.1) is 18.3 Å². The molecule has 0 atom stereocenters. The van der Waals surface area contributed by atoms with E-state index in [9.17, 15) is 23.3 Å². The zero-order valence-electron chi connectivity index (χ0n) is 15.2. The average Bonchev–Trinajstić information content (AvgIpc) is 3.10. The first kappa shape index (κ1) is 20.3. The fourth-order valence-corrected chi connectivity index (χ4v) is 2.67. The Hall–Kier alpha value is -3.47. The third-order valence-electron chi connectivity index (χ3n) is 3.90. The Bertz CT molecular complexity index is 989. The summed E-state index contributed by atoms with van der Waals surface area (Å²) in [5, 5.41) is 15.0. The van der Waals surface area contributed by atoms with Crippen molar-refractivity contribution in [2.75, 3.05) is 7.05 Å². The molecular weight excluding hydrogens is 391 g/mol. The van der Waals surface area contributed by atoms with Gasteiger partial charge in [0, 0.05) is 29.8 Å². The SMILES string of the molecule is CN(Cc1ccccc1OC(F)(F)F)Cn1cnc(-c2ccc([N+](=O)[O-])cc2)n1. The number of nitrogens with zero attached hydrogens (tertiary/aromatic N) is 5. The Morgan fingerprint density at radius 3 is 2.52 bits per heavy atom. The van der Waals surface area contributed by atoms with E-state index in [-0.39, 0.29) is 24.7 Å². The summed E-state index contributed by atoms with van der Waals surface area (Å²) in [5.41, 5.74) is 0.955. The molecule has 0 fully saturated rings. The fraction of sp³-hybridized carbons (Fsp3) is 0.222. The molecule has 1 heterocycles. The molecule has 11 heteroatoms. The molecular formula is C18H16F3N5O3. The van der Waals surface area contributed by atoms with Crippen LogP contribution in [0.1, 0.15) is 5.56 Å². The molecule has 0 unspecified atom stereocenters. The lowest BCUT2D eigenvalue weighted by atomic mass is 10.2. The molecule has 0 aliphatic carbocycles. The van der Waals surface area contributed by atoms with Gasteiger partial charge in [-0.25, -0.2) is 9.67 Å². The Balaban J connectivity index is 1.67. The molecule has 0 N–H and O–H groups in total.